The molecule has 2 aliphatic rings. The summed E-state index contributed by atoms with van der Waals surface area (Å²) in [6, 6.07) is 3.97. The lowest BCUT2D eigenvalue weighted by atomic mass is 9.56. The molecule has 2 aromatic rings. The van der Waals surface area contributed by atoms with Gasteiger partial charge in [-0.15, -0.1) is 0 Å². The van der Waals surface area contributed by atoms with Gasteiger partial charge < -0.3 is 20.7 Å². The van der Waals surface area contributed by atoms with Crippen molar-refractivity contribution < 1.29 is 18.7 Å². The molecular formula is C22H27ClFN5O3. The summed E-state index contributed by atoms with van der Waals surface area (Å²) in [4.78, 5) is 26.9. The molecule has 1 aliphatic carbocycles. The Kier molecular flexibility index (Phi) is 5.35. The lowest BCUT2D eigenvalue weighted by molar-refractivity contribution is -0.0792. The van der Waals surface area contributed by atoms with Crippen LogP contribution in [0.4, 0.5) is 20.7 Å². The smallest absolute Gasteiger partial charge is 0.410 e. The zero-order chi connectivity index (χ0) is 23.4. The molecule has 1 aromatic heterocycles. The number of likely N-dealkylation sites (tertiary alicyclic amines) is 1. The van der Waals surface area contributed by atoms with Crippen molar-refractivity contribution in [3.05, 3.63) is 40.3 Å². The minimum atomic E-state index is -0.563. The molecule has 1 saturated carbocycles. The van der Waals surface area contributed by atoms with Gasteiger partial charge in [0.05, 0.1) is 10.7 Å². The van der Waals surface area contributed by atoms with E-state index in [2.05, 4.69) is 10.4 Å². The van der Waals surface area contributed by atoms with E-state index in [9.17, 15) is 14.0 Å². The zero-order valence-corrected chi connectivity index (χ0v) is 19.3. The second-order valence-electron chi connectivity index (χ2n) is 9.79. The van der Waals surface area contributed by atoms with Gasteiger partial charge in [-0.3, -0.25) is 9.48 Å². The molecule has 10 heteroatoms. The maximum Gasteiger partial charge on any atom is 0.410 e. The molecule has 172 valence electrons. The van der Waals surface area contributed by atoms with Crippen LogP contribution in [0.2, 0.25) is 5.02 Å². The molecule has 3 N–H and O–H groups in total. The van der Waals surface area contributed by atoms with Gasteiger partial charge in [0.1, 0.15) is 22.8 Å². The van der Waals surface area contributed by atoms with Crippen LogP contribution in [0.3, 0.4) is 0 Å². The maximum atomic E-state index is 13.4. The fourth-order valence-corrected chi connectivity index (χ4v) is 4.68. The molecule has 2 amide bonds. The Morgan fingerprint density at radius 1 is 1.31 bits per heavy atom. The number of halogens is 2. The number of hydrogen-bond acceptors (Lipinski definition) is 5. The molecule has 1 aliphatic heterocycles. The Morgan fingerprint density at radius 2 is 1.97 bits per heavy atom. The number of nitrogens with zero attached hydrogens (tertiary/aromatic N) is 3. The van der Waals surface area contributed by atoms with Gasteiger partial charge in [-0.2, -0.15) is 5.10 Å². The Balaban J connectivity index is 1.43. The highest BCUT2D eigenvalue weighted by atomic mass is 35.5. The summed E-state index contributed by atoms with van der Waals surface area (Å²) in [7, 11) is 1.69. The fraction of sp³-hybridized carbons (Fsp3) is 0.500. The molecule has 32 heavy (non-hydrogen) atoms. The third-order valence-corrected chi connectivity index (χ3v) is 6.26. The van der Waals surface area contributed by atoms with E-state index in [4.69, 9.17) is 22.1 Å². The second-order valence-corrected chi connectivity index (χ2v) is 10.2. The first-order valence-corrected chi connectivity index (χ1v) is 10.8. The SMILES string of the molecule is Cn1nc(C2CC3(C2)CN(C(=O)OC(C)(C)C)C3)c(C(=O)Nc2ccc(F)c(Cl)c2)c1N. The van der Waals surface area contributed by atoms with E-state index in [1.165, 1.54) is 22.9 Å². The first kappa shape index (κ1) is 22.4. The number of rotatable bonds is 3. The lowest BCUT2D eigenvalue weighted by Crippen LogP contribution is -2.63. The highest BCUT2D eigenvalue weighted by Gasteiger charge is 2.56. The summed E-state index contributed by atoms with van der Waals surface area (Å²) in [5, 5.41) is 7.14. The predicted molar refractivity (Wildman–Crippen MR) is 119 cm³/mol. The van der Waals surface area contributed by atoms with Gasteiger partial charge in [-0.25, -0.2) is 9.18 Å². The van der Waals surface area contributed by atoms with Gasteiger partial charge >= 0.3 is 6.09 Å². The molecular weight excluding hydrogens is 437 g/mol. The van der Waals surface area contributed by atoms with Crippen molar-refractivity contribution in [1.82, 2.24) is 14.7 Å². The molecule has 0 atom stereocenters. The van der Waals surface area contributed by atoms with Crippen LogP contribution < -0.4 is 11.1 Å². The number of ether oxygens (including phenoxy) is 1. The highest BCUT2D eigenvalue weighted by molar-refractivity contribution is 6.31. The molecule has 1 aromatic carbocycles. The summed E-state index contributed by atoms with van der Waals surface area (Å²) in [5.74, 6) is -0.655. The first-order chi connectivity index (χ1) is 14.9. The van der Waals surface area contributed by atoms with E-state index in [-0.39, 0.29) is 28.3 Å². The Hall–Kier alpha value is -2.81. The summed E-state index contributed by atoms with van der Waals surface area (Å²) in [6.07, 6.45) is 1.32. The standard InChI is InChI=1S/C22H27ClFN5O3/c1-21(2,3)32-20(31)29-10-22(11-29)8-12(9-22)17-16(18(25)28(4)27-17)19(30)26-13-5-6-15(24)14(23)7-13/h5-7,12H,8-11,25H2,1-4H3,(H,26,30). The largest absolute Gasteiger partial charge is 0.444 e. The molecule has 0 unspecified atom stereocenters. The fourth-order valence-electron chi connectivity index (χ4n) is 4.50. The number of carbonyl (C=O) groups is 2. The van der Waals surface area contributed by atoms with E-state index in [0.717, 1.165) is 12.8 Å². The van der Waals surface area contributed by atoms with Crippen LogP contribution in [0.1, 0.15) is 55.6 Å². The number of nitrogens with one attached hydrogen (secondary N) is 1. The normalized spacial score (nSPS) is 17.6. The number of nitrogen functional groups attached to an aromatic ring is 1. The average Bonchev–Trinajstić information content (AvgIpc) is 2.89. The molecule has 0 radical (unpaired) electrons. The maximum absolute atomic E-state index is 13.4. The Bertz CT molecular complexity index is 1080. The number of amides is 2. The van der Waals surface area contributed by atoms with Gasteiger partial charge in [0.25, 0.3) is 5.91 Å². The van der Waals surface area contributed by atoms with Gasteiger partial charge in [0.2, 0.25) is 0 Å². The number of hydrogen-bond donors (Lipinski definition) is 2. The first-order valence-electron chi connectivity index (χ1n) is 10.4. The van der Waals surface area contributed by atoms with Crippen molar-refractivity contribution in [3.8, 4) is 0 Å². The number of benzene rings is 1. The average molecular weight is 464 g/mol. The molecule has 2 fully saturated rings. The molecule has 4 rings (SSSR count). The highest BCUT2D eigenvalue weighted by Crippen LogP contribution is 2.56. The van der Waals surface area contributed by atoms with Crippen molar-refractivity contribution in [3.63, 3.8) is 0 Å². The molecule has 1 saturated heterocycles. The number of anilines is 2. The Morgan fingerprint density at radius 3 is 2.56 bits per heavy atom. The van der Waals surface area contributed by atoms with Crippen LogP contribution in [-0.2, 0) is 11.8 Å². The second kappa shape index (κ2) is 7.65. The lowest BCUT2D eigenvalue weighted by Gasteiger charge is -2.58. The van der Waals surface area contributed by atoms with E-state index >= 15 is 0 Å². The topological polar surface area (TPSA) is 102 Å². The number of carbonyl (C=O) groups excluding carboxylic acids is 2. The molecule has 8 nitrogen and oxygen atoms in total. The van der Waals surface area contributed by atoms with Gasteiger partial charge in [0, 0.05) is 37.2 Å². The van der Waals surface area contributed by atoms with Crippen molar-refractivity contribution in [1.29, 1.82) is 0 Å². The van der Waals surface area contributed by atoms with Gasteiger partial charge in [-0.1, -0.05) is 11.6 Å². The van der Waals surface area contributed by atoms with Crippen LogP contribution in [0, 0.1) is 11.2 Å². The monoisotopic (exact) mass is 463 g/mol. The molecule has 1 spiro atoms. The van der Waals surface area contributed by atoms with E-state index in [0.29, 0.717) is 30.0 Å². The van der Waals surface area contributed by atoms with Crippen molar-refractivity contribution in [2.24, 2.45) is 12.5 Å². The van der Waals surface area contributed by atoms with E-state index in [1.54, 1.807) is 11.9 Å². The van der Waals surface area contributed by atoms with Crippen molar-refractivity contribution in [2.45, 2.75) is 45.1 Å². The minimum Gasteiger partial charge on any atom is -0.444 e. The van der Waals surface area contributed by atoms with Crippen LogP contribution in [0.15, 0.2) is 18.2 Å². The van der Waals surface area contributed by atoms with Crippen molar-refractivity contribution in [2.75, 3.05) is 24.1 Å². The molecule has 2 heterocycles. The van der Waals surface area contributed by atoms with Crippen LogP contribution in [0.25, 0.3) is 0 Å². The van der Waals surface area contributed by atoms with Crippen molar-refractivity contribution >= 4 is 35.1 Å². The van der Waals surface area contributed by atoms with Crippen LogP contribution >= 0.6 is 11.6 Å². The zero-order valence-electron chi connectivity index (χ0n) is 18.5. The van der Waals surface area contributed by atoms with Crippen LogP contribution in [-0.4, -0.2) is 45.4 Å². The predicted octanol–water partition coefficient (Wildman–Crippen LogP) is 4.16. The summed E-state index contributed by atoms with van der Waals surface area (Å²) >= 11 is 5.81. The summed E-state index contributed by atoms with van der Waals surface area (Å²) in [5.41, 5.74) is 6.98. The summed E-state index contributed by atoms with van der Waals surface area (Å²) in [6.45, 7) is 6.81. The number of aryl methyl sites for hydroxylation is 1. The molecule has 0 bridgehead atoms. The van der Waals surface area contributed by atoms with Gasteiger partial charge in [-0.05, 0) is 51.8 Å². The van der Waals surface area contributed by atoms with E-state index in [1.807, 2.05) is 20.8 Å². The quantitative estimate of drug-likeness (QED) is 0.711. The summed E-state index contributed by atoms with van der Waals surface area (Å²) < 4.78 is 20.3. The van der Waals surface area contributed by atoms with Crippen LogP contribution in [0.5, 0.6) is 0 Å². The minimum absolute atomic E-state index is 0.0338. The third-order valence-electron chi connectivity index (χ3n) is 5.97. The number of nitrogens with two attached hydrogens (primary N) is 1. The van der Waals surface area contributed by atoms with Gasteiger partial charge in [0.15, 0.2) is 0 Å². The third kappa shape index (κ3) is 4.13. The Labute approximate surface area is 190 Å². The number of aromatic nitrogens is 2. The van der Waals surface area contributed by atoms with E-state index < -0.39 is 17.3 Å².